The van der Waals surface area contributed by atoms with Crippen molar-refractivity contribution in [2.45, 2.75) is 52.0 Å². The lowest BCUT2D eigenvalue weighted by atomic mass is 9.92. The molecule has 3 rings (SSSR count). The van der Waals surface area contributed by atoms with E-state index in [4.69, 9.17) is 0 Å². The van der Waals surface area contributed by atoms with Crippen LogP contribution in [0.1, 0.15) is 56.0 Å². The minimum absolute atomic E-state index is 0.101. The van der Waals surface area contributed by atoms with Crippen molar-refractivity contribution in [3.63, 3.8) is 0 Å². The maximum atomic E-state index is 12.8. The monoisotopic (exact) mass is 286 g/mol. The lowest BCUT2D eigenvalue weighted by Crippen LogP contribution is -2.49. The first-order chi connectivity index (χ1) is 9.98. The lowest BCUT2D eigenvalue weighted by molar-refractivity contribution is 0.0562. The Hall–Kier alpha value is -1.51. The summed E-state index contributed by atoms with van der Waals surface area (Å²) in [4.78, 5) is 17.3. The zero-order valence-electron chi connectivity index (χ0n) is 13.5. The minimum atomic E-state index is -0.101. The van der Waals surface area contributed by atoms with Crippen LogP contribution in [0.25, 0.3) is 0 Å². The first-order valence-electron chi connectivity index (χ1n) is 8.17. The number of piperidine rings is 1. The van der Waals surface area contributed by atoms with Crippen LogP contribution in [-0.4, -0.2) is 36.0 Å². The van der Waals surface area contributed by atoms with Crippen molar-refractivity contribution < 1.29 is 4.79 Å². The predicted molar refractivity (Wildman–Crippen MR) is 87.0 cm³/mol. The fraction of sp³-hybridized carbons (Fsp3) is 0.611. The number of carbonyl (C=O) groups is 1. The summed E-state index contributed by atoms with van der Waals surface area (Å²) in [6.07, 6.45) is 4.85. The first-order valence-corrected chi connectivity index (χ1v) is 8.17. The smallest absolute Gasteiger partial charge is 0.254 e. The molecule has 2 aliphatic heterocycles. The number of rotatable bonds is 1. The van der Waals surface area contributed by atoms with Crippen molar-refractivity contribution in [1.82, 2.24) is 4.90 Å². The molecule has 1 saturated heterocycles. The van der Waals surface area contributed by atoms with Crippen molar-refractivity contribution in [2.75, 3.05) is 24.5 Å². The van der Waals surface area contributed by atoms with Crippen LogP contribution in [0.5, 0.6) is 0 Å². The van der Waals surface area contributed by atoms with Crippen molar-refractivity contribution in [2.24, 2.45) is 0 Å². The van der Waals surface area contributed by atoms with E-state index in [0.717, 1.165) is 31.6 Å². The summed E-state index contributed by atoms with van der Waals surface area (Å²) in [5.41, 5.74) is 3.38. The van der Waals surface area contributed by atoms with E-state index in [2.05, 4.69) is 31.7 Å². The lowest BCUT2D eigenvalue weighted by Gasteiger charge is -2.40. The standard InChI is InChI=1S/C18H26N2O/c1-18(2,3)20-13-10-14-15(17(20)21)8-7-9-16(14)19-11-5-4-6-12-19/h7-9H,4-6,10-13H2,1-3H3. The van der Waals surface area contributed by atoms with Crippen molar-refractivity contribution in [3.05, 3.63) is 29.3 Å². The number of nitrogens with zero attached hydrogens (tertiary/aromatic N) is 2. The quantitative estimate of drug-likeness (QED) is 0.789. The third kappa shape index (κ3) is 2.66. The van der Waals surface area contributed by atoms with Gasteiger partial charge in [0.25, 0.3) is 5.91 Å². The highest BCUT2D eigenvalue weighted by Gasteiger charge is 2.33. The molecule has 114 valence electrons. The van der Waals surface area contributed by atoms with E-state index in [0.29, 0.717) is 0 Å². The molecule has 1 amide bonds. The Kier molecular flexibility index (Phi) is 3.68. The molecule has 0 atom stereocenters. The van der Waals surface area contributed by atoms with Gasteiger partial charge in [-0.3, -0.25) is 4.79 Å². The third-order valence-electron chi connectivity index (χ3n) is 4.72. The van der Waals surface area contributed by atoms with E-state index in [1.807, 2.05) is 17.0 Å². The summed E-state index contributed by atoms with van der Waals surface area (Å²) in [5, 5.41) is 0. The highest BCUT2D eigenvalue weighted by Crippen LogP contribution is 2.32. The Balaban J connectivity index is 1.95. The molecule has 0 saturated carbocycles. The number of benzene rings is 1. The molecule has 0 N–H and O–H groups in total. The molecular weight excluding hydrogens is 260 g/mol. The summed E-state index contributed by atoms with van der Waals surface area (Å²) in [6, 6.07) is 6.25. The molecule has 0 aromatic heterocycles. The van der Waals surface area contributed by atoms with Gasteiger partial charge in [-0.15, -0.1) is 0 Å². The second-order valence-corrected chi connectivity index (χ2v) is 7.23. The molecule has 21 heavy (non-hydrogen) atoms. The Bertz CT molecular complexity index is 539. The Labute approximate surface area is 127 Å². The van der Waals surface area contributed by atoms with Crippen LogP contribution in [0, 0.1) is 0 Å². The molecular formula is C18H26N2O. The van der Waals surface area contributed by atoms with Gasteiger partial charge in [-0.05, 0) is 64.2 Å². The number of carbonyl (C=O) groups excluding carboxylic acids is 1. The van der Waals surface area contributed by atoms with Crippen LogP contribution in [0.2, 0.25) is 0 Å². The average molecular weight is 286 g/mol. The molecule has 1 aromatic carbocycles. The van der Waals surface area contributed by atoms with Gasteiger partial charge in [0.2, 0.25) is 0 Å². The average Bonchev–Trinajstić information content (AvgIpc) is 2.47. The second-order valence-electron chi connectivity index (χ2n) is 7.23. The second kappa shape index (κ2) is 5.36. The molecule has 0 spiro atoms. The van der Waals surface area contributed by atoms with E-state index in [9.17, 15) is 4.79 Å². The zero-order chi connectivity index (χ0) is 15.0. The SMILES string of the molecule is CC(C)(C)N1CCc2c(cccc2N2CCCCC2)C1=O. The molecule has 0 aliphatic carbocycles. The van der Waals surface area contributed by atoms with Crippen molar-refractivity contribution in [3.8, 4) is 0 Å². The first kappa shape index (κ1) is 14.4. The number of anilines is 1. The highest BCUT2D eigenvalue weighted by atomic mass is 16.2. The topological polar surface area (TPSA) is 23.6 Å². The largest absolute Gasteiger partial charge is 0.371 e. The molecule has 3 heteroatoms. The van der Waals surface area contributed by atoms with Gasteiger partial charge in [-0.2, -0.15) is 0 Å². The van der Waals surface area contributed by atoms with Gasteiger partial charge >= 0.3 is 0 Å². The zero-order valence-corrected chi connectivity index (χ0v) is 13.5. The molecule has 0 unspecified atom stereocenters. The molecule has 3 nitrogen and oxygen atoms in total. The maximum absolute atomic E-state index is 12.8. The van der Waals surface area contributed by atoms with Gasteiger partial charge < -0.3 is 9.80 Å². The van der Waals surface area contributed by atoms with Crippen LogP contribution in [0.15, 0.2) is 18.2 Å². The number of amides is 1. The number of hydrogen-bond donors (Lipinski definition) is 0. The molecule has 2 heterocycles. The predicted octanol–water partition coefficient (Wildman–Crippen LogP) is 3.47. The minimum Gasteiger partial charge on any atom is -0.371 e. The molecule has 2 aliphatic rings. The van der Waals surface area contributed by atoms with Crippen LogP contribution in [0.4, 0.5) is 5.69 Å². The van der Waals surface area contributed by atoms with Gasteiger partial charge in [0.15, 0.2) is 0 Å². The van der Waals surface area contributed by atoms with Gasteiger partial charge in [0.05, 0.1) is 0 Å². The van der Waals surface area contributed by atoms with Crippen LogP contribution >= 0.6 is 0 Å². The van der Waals surface area contributed by atoms with E-state index < -0.39 is 0 Å². The Morgan fingerprint density at radius 2 is 1.71 bits per heavy atom. The van der Waals surface area contributed by atoms with Gasteiger partial charge in [0.1, 0.15) is 0 Å². The fourth-order valence-electron chi connectivity index (χ4n) is 3.58. The number of fused-ring (bicyclic) bond motifs is 1. The number of hydrogen-bond acceptors (Lipinski definition) is 2. The van der Waals surface area contributed by atoms with E-state index in [-0.39, 0.29) is 11.4 Å². The Morgan fingerprint density at radius 1 is 1.00 bits per heavy atom. The summed E-state index contributed by atoms with van der Waals surface area (Å²) >= 11 is 0. The normalized spacial score (nSPS) is 19.7. The highest BCUT2D eigenvalue weighted by molar-refractivity contribution is 5.98. The van der Waals surface area contributed by atoms with Crippen molar-refractivity contribution in [1.29, 1.82) is 0 Å². The molecule has 0 bridgehead atoms. The van der Waals surface area contributed by atoms with Crippen LogP contribution < -0.4 is 4.90 Å². The summed E-state index contributed by atoms with van der Waals surface area (Å²) in [5.74, 6) is 0.197. The van der Waals surface area contributed by atoms with Gasteiger partial charge in [-0.1, -0.05) is 6.07 Å². The third-order valence-corrected chi connectivity index (χ3v) is 4.72. The van der Waals surface area contributed by atoms with Crippen LogP contribution in [0.3, 0.4) is 0 Å². The molecule has 1 fully saturated rings. The summed E-state index contributed by atoms with van der Waals surface area (Å²) < 4.78 is 0. The molecule has 1 aromatic rings. The van der Waals surface area contributed by atoms with E-state index in [1.54, 1.807) is 0 Å². The van der Waals surface area contributed by atoms with Gasteiger partial charge in [0, 0.05) is 36.4 Å². The van der Waals surface area contributed by atoms with Gasteiger partial charge in [-0.25, -0.2) is 0 Å². The maximum Gasteiger partial charge on any atom is 0.254 e. The summed E-state index contributed by atoms with van der Waals surface area (Å²) in [7, 11) is 0. The molecule has 0 radical (unpaired) electrons. The summed E-state index contributed by atoms with van der Waals surface area (Å²) in [6.45, 7) is 9.45. The van der Waals surface area contributed by atoms with E-state index >= 15 is 0 Å². The van der Waals surface area contributed by atoms with Crippen molar-refractivity contribution >= 4 is 11.6 Å². The van der Waals surface area contributed by atoms with E-state index in [1.165, 1.54) is 30.5 Å². The van der Waals surface area contributed by atoms with Crippen LogP contribution in [-0.2, 0) is 6.42 Å². The Morgan fingerprint density at radius 3 is 2.38 bits per heavy atom. The fourth-order valence-corrected chi connectivity index (χ4v) is 3.58.